The summed E-state index contributed by atoms with van der Waals surface area (Å²) >= 11 is 4.70. The number of nitrogens with zero attached hydrogens (tertiary/aromatic N) is 2. The number of hydrogen-bond donors (Lipinski definition) is 1. The zero-order valence-corrected chi connectivity index (χ0v) is 10.9. The van der Waals surface area contributed by atoms with Gasteiger partial charge in [-0.15, -0.1) is 0 Å². The molecule has 0 aromatic rings. The highest BCUT2D eigenvalue weighted by atomic mass is 32.1. The number of thiocarbonyl (C=S) groups is 1. The van der Waals surface area contributed by atoms with Crippen LogP contribution in [0.25, 0.3) is 0 Å². The minimum Gasteiger partial charge on any atom is -0.393 e. The van der Waals surface area contributed by atoms with Crippen LogP contribution in [0.5, 0.6) is 0 Å². The molecular formula is C10H15N3O4S. The number of rotatable bonds is 5. The largest absolute Gasteiger partial charge is 0.393 e. The molecule has 1 saturated heterocycles. The van der Waals surface area contributed by atoms with Crippen molar-refractivity contribution in [3.05, 3.63) is 0 Å². The molecule has 1 heterocycles. The number of ether oxygens (including phenoxy) is 1. The van der Waals surface area contributed by atoms with E-state index in [9.17, 15) is 14.4 Å². The van der Waals surface area contributed by atoms with Crippen LogP contribution >= 0.6 is 12.2 Å². The van der Waals surface area contributed by atoms with Gasteiger partial charge in [0, 0.05) is 20.0 Å². The van der Waals surface area contributed by atoms with E-state index in [2.05, 4.69) is 0 Å². The molecule has 0 spiro atoms. The summed E-state index contributed by atoms with van der Waals surface area (Å²) in [5.41, 5.74) is 5.33. The third-order valence-corrected chi connectivity index (χ3v) is 2.67. The molecule has 1 fully saturated rings. The summed E-state index contributed by atoms with van der Waals surface area (Å²) in [5, 5.41) is 0. The lowest BCUT2D eigenvalue weighted by atomic mass is 10.3. The molecule has 0 unspecified atom stereocenters. The predicted octanol–water partition coefficient (Wildman–Crippen LogP) is -1.49. The standard InChI is InChI=1S/C10H15N3O4S/c1-12(3-2-7(11)18)8(14)4-13-9(15)5-17-6-10(13)16/h2-6H2,1H3,(H2,11,18). The van der Waals surface area contributed by atoms with E-state index >= 15 is 0 Å². The van der Waals surface area contributed by atoms with E-state index in [4.69, 9.17) is 22.7 Å². The Hall–Kier alpha value is -1.54. The molecule has 0 saturated carbocycles. The van der Waals surface area contributed by atoms with Gasteiger partial charge in [0.25, 0.3) is 11.8 Å². The van der Waals surface area contributed by atoms with Crippen molar-refractivity contribution in [2.45, 2.75) is 6.42 Å². The monoisotopic (exact) mass is 273 g/mol. The molecule has 3 amide bonds. The summed E-state index contributed by atoms with van der Waals surface area (Å²) in [6, 6.07) is 0. The SMILES string of the molecule is CN(CCC(N)=S)C(=O)CN1C(=O)COCC1=O. The molecule has 0 bridgehead atoms. The van der Waals surface area contributed by atoms with Crippen LogP contribution in [-0.2, 0) is 19.1 Å². The molecule has 2 N–H and O–H groups in total. The molecule has 1 aliphatic heterocycles. The zero-order chi connectivity index (χ0) is 13.7. The number of carbonyl (C=O) groups excluding carboxylic acids is 3. The highest BCUT2D eigenvalue weighted by Crippen LogP contribution is 2.02. The number of nitrogens with two attached hydrogens (primary N) is 1. The average Bonchev–Trinajstić information content (AvgIpc) is 2.30. The Balaban J connectivity index is 2.49. The second-order valence-electron chi connectivity index (χ2n) is 3.90. The van der Waals surface area contributed by atoms with Crippen LogP contribution in [0.2, 0.25) is 0 Å². The van der Waals surface area contributed by atoms with Gasteiger partial charge in [0.1, 0.15) is 19.8 Å². The number of amides is 3. The molecule has 100 valence electrons. The van der Waals surface area contributed by atoms with Crippen molar-refractivity contribution in [1.29, 1.82) is 0 Å². The third-order valence-electron chi connectivity index (χ3n) is 2.47. The third kappa shape index (κ3) is 4.04. The smallest absolute Gasteiger partial charge is 0.255 e. The van der Waals surface area contributed by atoms with Gasteiger partial charge in [0.15, 0.2) is 0 Å². The van der Waals surface area contributed by atoms with Crippen LogP contribution in [0.15, 0.2) is 0 Å². The maximum absolute atomic E-state index is 11.8. The van der Waals surface area contributed by atoms with E-state index < -0.39 is 11.8 Å². The van der Waals surface area contributed by atoms with E-state index in [0.717, 1.165) is 4.90 Å². The second kappa shape index (κ2) is 6.41. The van der Waals surface area contributed by atoms with E-state index in [-0.39, 0.29) is 25.7 Å². The Morgan fingerprint density at radius 1 is 1.44 bits per heavy atom. The van der Waals surface area contributed by atoms with Crippen molar-refractivity contribution < 1.29 is 19.1 Å². The zero-order valence-electron chi connectivity index (χ0n) is 10.0. The summed E-state index contributed by atoms with van der Waals surface area (Å²) in [7, 11) is 1.57. The summed E-state index contributed by atoms with van der Waals surface area (Å²) < 4.78 is 4.75. The van der Waals surface area contributed by atoms with Gasteiger partial charge < -0.3 is 15.4 Å². The summed E-state index contributed by atoms with van der Waals surface area (Å²) in [6.45, 7) is -0.249. The molecule has 0 atom stereocenters. The van der Waals surface area contributed by atoms with E-state index in [1.807, 2.05) is 0 Å². The van der Waals surface area contributed by atoms with Crippen LogP contribution in [0.4, 0.5) is 0 Å². The quantitative estimate of drug-likeness (QED) is 0.484. The van der Waals surface area contributed by atoms with Crippen LogP contribution in [0, 0.1) is 0 Å². The van der Waals surface area contributed by atoms with E-state index in [1.165, 1.54) is 4.90 Å². The highest BCUT2D eigenvalue weighted by Gasteiger charge is 2.29. The van der Waals surface area contributed by atoms with Crippen LogP contribution in [0.3, 0.4) is 0 Å². The summed E-state index contributed by atoms with van der Waals surface area (Å²) in [4.78, 5) is 37.2. The Morgan fingerprint density at radius 3 is 2.50 bits per heavy atom. The molecule has 0 aliphatic carbocycles. The van der Waals surface area contributed by atoms with Crippen molar-refractivity contribution in [3.63, 3.8) is 0 Å². The molecule has 0 aromatic carbocycles. The Morgan fingerprint density at radius 2 is 2.00 bits per heavy atom. The van der Waals surface area contributed by atoms with Crippen molar-refractivity contribution in [2.75, 3.05) is 33.4 Å². The first kappa shape index (κ1) is 14.5. The van der Waals surface area contributed by atoms with E-state index in [0.29, 0.717) is 18.0 Å². The predicted molar refractivity (Wildman–Crippen MR) is 66.6 cm³/mol. The maximum atomic E-state index is 11.8. The average molecular weight is 273 g/mol. The number of carbonyl (C=O) groups is 3. The van der Waals surface area contributed by atoms with E-state index in [1.54, 1.807) is 7.05 Å². The number of imide groups is 1. The number of likely N-dealkylation sites (N-methyl/N-ethyl adjacent to an activating group) is 1. The molecule has 7 nitrogen and oxygen atoms in total. The second-order valence-corrected chi connectivity index (χ2v) is 4.42. The fourth-order valence-corrected chi connectivity index (χ4v) is 1.45. The Kier molecular flexibility index (Phi) is 5.17. The maximum Gasteiger partial charge on any atom is 0.255 e. The molecular weight excluding hydrogens is 258 g/mol. The lowest BCUT2D eigenvalue weighted by Gasteiger charge is -2.26. The fraction of sp³-hybridized carbons (Fsp3) is 0.600. The van der Waals surface area contributed by atoms with Crippen molar-refractivity contribution in [1.82, 2.24) is 9.80 Å². The van der Waals surface area contributed by atoms with Crippen LogP contribution in [0.1, 0.15) is 6.42 Å². The fourth-order valence-electron chi connectivity index (χ4n) is 1.36. The summed E-state index contributed by atoms with van der Waals surface area (Å²) in [6.07, 6.45) is 0.405. The van der Waals surface area contributed by atoms with Gasteiger partial charge in [-0.05, 0) is 0 Å². The van der Waals surface area contributed by atoms with Gasteiger partial charge in [-0.2, -0.15) is 0 Å². The summed E-state index contributed by atoms with van der Waals surface area (Å²) in [5.74, 6) is -1.33. The normalized spacial score (nSPS) is 15.7. The lowest BCUT2D eigenvalue weighted by molar-refractivity contribution is -0.161. The number of morpholine rings is 1. The van der Waals surface area contributed by atoms with Gasteiger partial charge in [0.2, 0.25) is 5.91 Å². The first-order chi connectivity index (χ1) is 8.41. The Labute approximate surface area is 110 Å². The lowest BCUT2D eigenvalue weighted by Crippen LogP contribution is -2.50. The van der Waals surface area contributed by atoms with Gasteiger partial charge in [-0.1, -0.05) is 12.2 Å². The minimum atomic E-state index is -0.498. The van der Waals surface area contributed by atoms with Crippen LogP contribution in [-0.4, -0.2) is 65.9 Å². The van der Waals surface area contributed by atoms with Gasteiger partial charge in [-0.3, -0.25) is 19.3 Å². The Bertz CT molecular complexity index is 369. The highest BCUT2D eigenvalue weighted by molar-refractivity contribution is 7.80. The van der Waals surface area contributed by atoms with Crippen molar-refractivity contribution in [3.8, 4) is 0 Å². The molecule has 1 aliphatic rings. The molecule has 0 aromatic heterocycles. The molecule has 1 rings (SSSR count). The minimum absolute atomic E-state index is 0.171. The molecule has 8 heteroatoms. The molecule has 18 heavy (non-hydrogen) atoms. The van der Waals surface area contributed by atoms with Crippen molar-refractivity contribution >= 4 is 34.9 Å². The van der Waals surface area contributed by atoms with Gasteiger partial charge >= 0.3 is 0 Å². The van der Waals surface area contributed by atoms with Crippen LogP contribution < -0.4 is 5.73 Å². The van der Waals surface area contributed by atoms with Gasteiger partial charge in [-0.25, -0.2) is 0 Å². The number of hydrogen-bond acceptors (Lipinski definition) is 5. The first-order valence-corrected chi connectivity index (χ1v) is 5.76. The topological polar surface area (TPSA) is 92.9 Å². The van der Waals surface area contributed by atoms with Gasteiger partial charge in [0.05, 0.1) is 4.99 Å². The first-order valence-electron chi connectivity index (χ1n) is 5.35. The van der Waals surface area contributed by atoms with Crippen molar-refractivity contribution in [2.24, 2.45) is 5.73 Å². The molecule has 0 radical (unpaired) electrons.